The molecule has 0 aliphatic heterocycles. The van der Waals surface area contributed by atoms with Gasteiger partial charge in [-0.1, -0.05) is 18.8 Å². The molecular formula is C9H14N5+. The van der Waals surface area contributed by atoms with Crippen LogP contribution < -0.4 is 10.3 Å². The number of aromatic nitrogens is 4. The van der Waals surface area contributed by atoms with Crippen molar-refractivity contribution in [2.75, 3.05) is 5.73 Å². The Bertz CT molecular complexity index is 445. The molecule has 0 amide bonds. The number of nitrogens with zero attached hydrogens (tertiary/aromatic N) is 3. The second-order valence-corrected chi connectivity index (χ2v) is 3.78. The lowest BCUT2D eigenvalue weighted by atomic mass is 10.2. The summed E-state index contributed by atoms with van der Waals surface area (Å²) >= 11 is 0. The second kappa shape index (κ2) is 3.25. The van der Waals surface area contributed by atoms with Gasteiger partial charge in [0.1, 0.15) is 0 Å². The van der Waals surface area contributed by atoms with Crippen LogP contribution in [0.1, 0.15) is 13.8 Å². The van der Waals surface area contributed by atoms with E-state index in [0.717, 1.165) is 17.7 Å². The summed E-state index contributed by atoms with van der Waals surface area (Å²) in [6.45, 7) is 5.25. The van der Waals surface area contributed by atoms with E-state index in [0.29, 0.717) is 11.7 Å². The van der Waals surface area contributed by atoms with E-state index in [-0.39, 0.29) is 0 Å². The van der Waals surface area contributed by atoms with Crippen LogP contribution in [-0.4, -0.2) is 15.0 Å². The SMILES string of the molecule is CC(C)C[n+]1c[nH]c2c(N)ncnc21. The minimum absolute atomic E-state index is 0.498. The fourth-order valence-electron chi connectivity index (χ4n) is 1.48. The van der Waals surface area contributed by atoms with Crippen LogP contribution in [0.5, 0.6) is 0 Å². The van der Waals surface area contributed by atoms with Crippen molar-refractivity contribution in [2.45, 2.75) is 20.4 Å². The van der Waals surface area contributed by atoms with Crippen LogP contribution in [0, 0.1) is 5.92 Å². The molecule has 0 aliphatic rings. The summed E-state index contributed by atoms with van der Waals surface area (Å²) in [5, 5.41) is 0. The summed E-state index contributed by atoms with van der Waals surface area (Å²) in [5.74, 6) is 1.08. The fourth-order valence-corrected chi connectivity index (χ4v) is 1.48. The van der Waals surface area contributed by atoms with Gasteiger partial charge < -0.3 is 5.73 Å². The van der Waals surface area contributed by atoms with Gasteiger partial charge in [0.2, 0.25) is 5.52 Å². The molecule has 0 saturated carbocycles. The van der Waals surface area contributed by atoms with Crippen molar-refractivity contribution in [3.8, 4) is 0 Å². The maximum absolute atomic E-state index is 5.70. The summed E-state index contributed by atoms with van der Waals surface area (Å²) in [6, 6.07) is 0. The second-order valence-electron chi connectivity index (χ2n) is 3.78. The number of H-pyrrole nitrogens is 1. The Labute approximate surface area is 82.0 Å². The lowest BCUT2D eigenvalue weighted by Crippen LogP contribution is -2.35. The highest BCUT2D eigenvalue weighted by atomic mass is 15.1. The molecule has 0 radical (unpaired) electrons. The molecule has 2 aromatic rings. The van der Waals surface area contributed by atoms with Crippen LogP contribution in [0.3, 0.4) is 0 Å². The molecule has 0 fully saturated rings. The molecule has 14 heavy (non-hydrogen) atoms. The van der Waals surface area contributed by atoms with Crippen molar-refractivity contribution in [3.05, 3.63) is 12.7 Å². The van der Waals surface area contributed by atoms with Crippen molar-refractivity contribution in [2.24, 2.45) is 5.92 Å². The van der Waals surface area contributed by atoms with Crippen molar-refractivity contribution < 1.29 is 4.57 Å². The van der Waals surface area contributed by atoms with Gasteiger partial charge in [-0.25, -0.2) is 4.57 Å². The van der Waals surface area contributed by atoms with Gasteiger partial charge in [0.05, 0.1) is 6.54 Å². The van der Waals surface area contributed by atoms with Crippen molar-refractivity contribution in [3.63, 3.8) is 0 Å². The van der Waals surface area contributed by atoms with E-state index in [1.807, 2.05) is 6.33 Å². The molecule has 3 N–H and O–H groups in total. The first-order valence-corrected chi connectivity index (χ1v) is 4.65. The first-order chi connectivity index (χ1) is 6.68. The van der Waals surface area contributed by atoms with Gasteiger partial charge in [-0.2, -0.15) is 4.98 Å². The third kappa shape index (κ3) is 1.41. The molecule has 0 saturated heterocycles. The Morgan fingerprint density at radius 1 is 1.50 bits per heavy atom. The highest BCUT2D eigenvalue weighted by Crippen LogP contribution is 2.09. The maximum atomic E-state index is 5.70. The van der Waals surface area contributed by atoms with Gasteiger partial charge in [0.25, 0.3) is 0 Å². The average Bonchev–Trinajstić information content (AvgIpc) is 2.49. The maximum Gasteiger partial charge on any atom is 0.307 e. The molecule has 0 unspecified atom stereocenters. The number of hydrogen-bond donors (Lipinski definition) is 2. The highest BCUT2D eigenvalue weighted by Gasteiger charge is 2.14. The molecule has 0 aromatic carbocycles. The van der Waals surface area contributed by atoms with E-state index < -0.39 is 0 Å². The molecule has 74 valence electrons. The van der Waals surface area contributed by atoms with Crippen LogP contribution in [0.4, 0.5) is 5.82 Å². The molecule has 2 aromatic heterocycles. The van der Waals surface area contributed by atoms with Gasteiger partial charge >= 0.3 is 5.65 Å². The molecule has 5 nitrogen and oxygen atoms in total. The van der Waals surface area contributed by atoms with E-state index in [1.54, 1.807) is 0 Å². The summed E-state index contributed by atoms with van der Waals surface area (Å²) in [4.78, 5) is 11.2. The molecule has 0 spiro atoms. The van der Waals surface area contributed by atoms with E-state index in [4.69, 9.17) is 5.73 Å². The Balaban J connectivity index is 2.52. The zero-order chi connectivity index (χ0) is 10.1. The highest BCUT2D eigenvalue weighted by molar-refractivity contribution is 5.77. The summed E-state index contributed by atoms with van der Waals surface area (Å²) < 4.78 is 2.05. The third-order valence-corrected chi connectivity index (χ3v) is 2.06. The van der Waals surface area contributed by atoms with Crippen LogP contribution in [0.25, 0.3) is 11.2 Å². The lowest BCUT2D eigenvalue weighted by molar-refractivity contribution is -0.678. The number of nitrogens with two attached hydrogens (primary N) is 1. The Kier molecular flexibility index (Phi) is 2.07. The minimum Gasteiger partial charge on any atom is -0.380 e. The first-order valence-electron chi connectivity index (χ1n) is 4.65. The third-order valence-electron chi connectivity index (χ3n) is 2.06. The van der Waals surface area contributed by atoms with Gasteiger partial charge in [-0.15, -0.1) is 0 Å². The number of nitrogens with one attached hydrogen (secondary N) is 1. The quantitative estimate of drug-likeness (QED) is 0.680. The molecule has 0 atom stereocenters. The Morgan fingerprint density at radius 3 is 3.00 bits per heavy atom. The topological polar surface area (TPSA) is 71.5 Å². The molecule has 5 heteroatoms. The zero-order valence-electron chi connectivity index (χ0n) is 8.36. The Morgan fingerprint density at radius 2 is 2.29 bits per heavy atom. The van der Waals surface area contributed by atoms with E-state index in [9.17, 15) is 0 Å². The lowest BCUT2D eigenvalue weighted by Gasteiger charge is -2.00. The van der Waals surface area contributed by atoms with Crippen LogP contribution in [-0.2, 0) is 6.54 Å². The number of aromatic amines is 1. The number of fused-ring (bicyclic) bond motifs is 1. The molecule has 0 aliphatic carbocycles. The smallest absolute Gasteiger partial charge is 0.307 e. The zero-order valence-corrected chi connectivity index (χ0v) is 8.36. The predicted octanol–water partition coefficient (Wildman–Crippen LogP) is 0.484. The number of imidazole rings is 1. The predicted molar refractivity (Wildman–Crippen MR) is 53.3 cm³/mol. The van der Waals surface area contributed by atoms with Crippen molar-refractivity contribution in [1.82, 2.24) is 15.0 Å². The first kappa shape index (κ1) is 8.93. The number of hydrogen-bond acceptors (Lipinski definition) is 3. The van der Waals surface area contributed by atoms with Crippen LogP contribution in [0.15, 0.2) is 12.7 Å². The van der Waals surface area contributed by atoms with E-state index in [2.05, 4.69) is 33.4 Å². The monoisotopic (exact) mass is 192 g/mol. The van der Waals surface area contributed by atoms with E-state index in [1.165, 1.54) is 6.33 Å². The average molecular weight is 192 g/mol. The standard InChI is InChI=1S/C9H13N5/c1-6(2)3-14-5-13-7-8(10)11-4-12-9(7)14/h4-6H,3H2,1-2H3,(H2,10,11,12)/p+1. The largest absolute Gasteiger partial charge is 0.380 e. The molecule has 0 bridgehead atoms. The summed E-state index contributed by atoms with van der Waals surface area (Å²) in [6.07, 6.45) is 3.37. The summed E-state index contributed by atoms with van der Waals surface area (Å²) in [7, 11) is 0. The minimum atomic E-state index is 0.498. The molecule has 2 heterocycles. The fraction of sp³-hybridized carbons (Fsp3) is 0.444. The van der Waals surface area contributed by atoms with Crippen LogP contribution >= 0.6 is 0 Å². The van der Waals surface area contributed by atoms with E-state index >= 15 is 0 Å². The van der Waals surface area contributed by atoms with Crippen LogP contribution in [0.2, 0.25) is 0 Å². The normalized spacial score (nSPS) is 11.4. The molecule has 2 rings (SSSR count). The van der Waals surface area contributed by atoms with Gasteiger partial charge in [0.15, 0.2) is 18.5 Å². The number of anilines is 1. The van der Waals surface area contributed by atoms with Gasteiger partial charge in [-0.05, 0) is 5.92 Å². The van der Waals surface area contributed by atoms with Gasteiger partial charge in [0, 0.05) is 0 Å². The Hall–Kier alpha value is -1.65. The number of rotatable bonds is 2. The van der Waals surface area contributed by atoms with Gasteiger partial charge in [-0.3, -0.25) is 4.98 Å². The van der Waals surface area contributed by atoms with Crippen molar-refractivity contribution in [1.29, 1.82) is 0 Å². The number of nitrogen functional groups attached to an aromatic ring is 1. The van der Waals surface area contributed by atoms with Crippen molar-refractivity contribution >= 4 is 17.0 Å². The summed E-state index contributed by atoms with van der Waals surface area (Å²) in [5.41, 5.74) is 7.38. The molecular weight excluding hydrogens is 178 g/mol.